The lowest BCUT2D eigenvalue weighted by Gasteiger charge is -2.21. The molecule has 0 aliphatic carbocycles. The van der Waals surface area contributed by atoms with E-state index in [1.165, 1.54) is 7.11 Å². The molecule has 23 heavy (non-hydrogen) atoms. The number of rotatable bonds is 4. The number of esters is 1. The number of hydrogen-bond donors (Lipinski definition) is 1. The molecule has 8 heteroatoms. The maximum atomic E-state index is 11.8. The normalized spacial score (nSPS) is 21.0. The average Bonchev–Trinajstić information content (AvgIpc) is 3.08. The first kappa shape index (κ1) is 20.1. The van der Waals surface area contributed by atoms with Crippen LogP contribution in [0.2, 0.25) is 0 Å². The third-order valence-electron chi connectivity index (χ3n) is 3.80. The van der Waals surface area contributed by atoms with Crippen molar-refractivity contribution in [2.75, 3.05) is 26.7 Å². The fourth-order valence-corrected chi connectivity index (χ4v) is 3.37. The van der Waals surface area contributed by atoms with Crippen molar-refractivity contribution >= 4 is 47.2 Å². The minimum absolute atomic E-state index is 0. The van der Waals surface area contributed by atoms with Crippen molar-refractivity contribution in [1.82, 2.24) is 15.2 Å². The zero-order valence-corrected chi connectivity index (χ0v) is 17.2. The zero-order chi connectivity index (χ0) is 16.1. The van der Waals surface area contributed by atoms with Gasteiger partial charge in [0, 0.05) is 30.7 Å². The largest absolute Gasteiger partial charge is 0.469 e. The number of hydrogen-bond acceptors (Lipinski definition) is 5. The predicted octanol–water partition coefficient (Wildman–Crippen LogP) is 2.28. The second kappa shape index (κ2) is 9.41. The number of halogens is 1. The molecule has 0 spiro atoms. The summed E-state index contributed by atoms with van der Waals surface area (Å²) in [4.78, 5) is 24.0. The number of carbonyl (C=O) groups is 1. The molecular weight excluding hydrogens is 427 g/mol. The Morgan fingerprint density at radius 1 is 1.57 bits per heavy atom. The van der Waals surface area contributed by atoms with Crippen LogP contribution >= 0.6 is 35.3 Å². The summed E-state index contributed by atoms with van der Waals surface area (Å²) in [7, 11) is 1.45. The second-order valence-electron chi connectivity index (χ2n) is 5.53. The lowest BCUT2D eigenvalue weighted by molar-refractivity contribution is -0.145. The maximum Gasteiger partial charge on any atom is 0.310 e. The van der Waals surface area contributed by atoms with E-state index < -0.39 is 0 Å². The number of ether oxygens (including phenoxy) is 1. The van der Waals surface area contributed by atoms with Gasteiger partial charge in [0.1, 0.15) is 0 Å². The summed E-state index contributed by atoms with van der Waals surface area (Å²) in [6, 6.07) is 0. The quantitative estimate of drug-likeness (QED) is 0.329. The Bertz CT molecular complexity index is 549. The fraction of sp³-hybridized carbons (Fsp3) is 0.667. The summed E-state index contributed by atoms with van der Waals surface area (Å²) in [6.45, 7) is 9.00. The molecule has 2 rings (SSSR count). The number of aliphatic imine (C=N–C) groups is 1. The summed E-state index contributed by atoms with van der Waals surface area (Å²) >= 11 is 1.66. The van der Waals surface area contributed by atoms with Crippen LogP contribution in [0.25, 0.3) is 0 Å². The van der Waals surface area contributed by atoms with Crippen LogP contribution in [0.3, 0.4) is 0 Å². The molecule has 0 bridgehead atoms. The molecule has 1 aliphatic rings. The molecule has 1 aliphatic heterocycles. The molecule has 0 radical (unpaired) electrons. The van der Waals surface area contributed by atoms with E-state index in [1.54, 1.807) is 11.3 Å². The Labute approximate surface area is 158 Å². The molecule has 2 heterocycles. The first-order valence-electron chi connectivity index (χ1n) is 7.57. The Hall–Kier alpha value is -0.900. The van der Waals surface area contributed by atoms with Gasteiger partial charge < -0.3 is 15.0 Å². The van der Waals surface area contributed by atoms with Gasteiger partial charge in [-0.15, -0.1) is 35.3 Å². The predicted molar refractivity (Wildman–Crippen MR) is 103 cm³/mol. The molecule has 1 fully saturated rings. The van der Waals surface area contributed by atoms with Gasteiger partial charge in [-0.1, -0.05) is 6.92 Å². The first-order valence-corrected chi connectivity index (χ1v) is 8.39. The van der Waals surface area contributed by atoms with Crippen molar-refractivity contribution in [3.63, 3.8) is 0 Å². The van der Waals surface area contributed by atoms with Crippen LogP contribution in [0.4, 0.5) is 0 Å². The van der Waals surface area contributed by atoms with Crippen molar-refractivity contribution in [3.05, 3.63) is 16.1 Å². The van der Waals surface area contributed by atoms with Crippen molar-refractivity contribution in [1.29, 1.82) is 0 Å². The van der Waals surface area contributed by atoms with E-state index in [0.717, 1.165) is 28.9 Å². The van der Waals surface area contributed by atoms with Crippen LogP contribution in [0.1, 0.15) is 23.7 Å². The van der Waals surface area contributed by atoms with Gasteiger partial charge in [-0.3, -0.25) is 4.79 Å². The van der Waals surface area contributed by atoms with Crippen molar-refractivity contribution < 1.29 is 9.53 Å². The van der Waals surface area contributed by atoms with Crippen molar-refractivity contribution in [2.45, 2.75) is 27.3 Å². The van der Waals surface area contributed by atoms with Crippen molar-refractivity contribution in [2.24, 2.45) is 16.8 Å². The second-order valence-corrected chi connectivity index (χ2v) is 6.85. The summed E-state index contributed by atoms with van der Waals surface area (Å²) in [5.41, 5.74) is 0. The van der Waals surface area contributed by atoms with Gasteiger partial charge in [0.2, 0.25) is 0 Å². The first-order chi connectivity index (χ1) is 10.5. The Morgan fingerprint density at radius 2 is 2.30 bits per heavy atom. The van der Waals surface area contributed by atoms with Gasteiger partial charge in [0.05, 0.1) is 24.6 Å². The molecule has 0 amide bonds. The fourth-order valence-electron chi connectivity index (χ4n) is 2.65. The van der Waals surface area contributed by atoms with Gasteiger partial charge in [-0.05, 0) is 19.8 Å². The third kappa shape index (κ3) is 5.30. The monoisotopic (exact) mass is 452 g/mol. The number of thiazole rings is 1. The van der Waals surface area contributed by atoms with Crippen LogP contribution in [-0.4, -0.2) is 48.6 Å². The number of aromatic nitrogens is 1. The van der Waals surface area contributed by atoms with Gasteiger partial charge in [-0.25, -0.2) is 9.98 Å². The minimum atomic E-state index is -0.135. The Morgan fingerprint density at radius 3 is 2.87 bits per heavy atom. The number of nitrogens with one attached hydrogen (secondary N) is 1. The molecule has 130 valence electrons. The molecular formula is C15H25IN4O2S. The Kier molecular flexibility index (Phi) is 8.24. The molecule has 0 saturated carbocycles. The number of aryl methyl sites for hydroxylation is 1. The SMILES string of the molecule is CCNC(=NCc1cnc(C)s1)N1CC(C)C(C(=O)OC)C1.I. The molecule has 0 aromatic carbocycles. The van der Waals surface area contributed by atoms with E-state index in [1.807, 2.05) is 20.0 Å². The smallest absolute Gasteiger partial charge is 0.310 e. The van der Waals surface area contributed by atoms with Crippen LogP contribution in [0, 0.1) is 18.8 Å². The van der Waals surface area contributed by atoms with Crippen molar-refractivity contribution in [3.8, 4) is 0 Å². The number of carbonyl (C=O) groups excluding carboxylic acids is 1. The van der Waals surface area contributed by atoms with Gasteiger partial charge in [0.25, 0.3) is 0 Å². The van der Waals surface area contributed by atoms with Gasteiger partial charge >= 0.3 is 5.97 Å². The lowest BCUT2D eigenvalue weighted by Crippen LogP contribution is -2.40. The molecule has 1 aromatic heterocycles. The number of nitrogens with zero attached hydrogens (tertiary/aromatic N) is 3. The van der Waals surface area contributed by atoms with E-state index in [9.17, 15) is 4.79 Å². The van der Waals surface area contributed by atoms with E-state index in [0.29, 0.717) is 13.1 Å². The molecule has 1 saturated heterocycles. The van der Waals surface area contributed by atoms with E-state index in [2.05, 4.69) is 27.1 Å². The standard InChI is InChI=1S/C15H24N4O2S.HI/c1-5-16-15(18-7-12-6-17-11(3)22-12)19-8-10(2)13(9-19)14(20)21-4;/h6,10,13H,5,7-9H2,1-4H3,(H,16,18);1H. The summed E-state index contributed by atoms with van der Waals surface area (Å²) in [6.07, 6.45) is 1.87. The molecule has 1 aromatic rings. The van der Waals surface area contributed by atoms with E-state index in [4.69, 9.17) is 4.74 Å². The van der Waals surface area contributed by atoms with Crippen LogP contribution in [0.5, 0.6) is 0 Å². The summed E-state index contributed by atoms with van der Waals surface area (Å²) in [5.74, 6) is 0.900. The Balaban J connectivity index is 0.00000264. The highest BCUT2D eigenvalue weighted by Gasteiger charge is 2.36. The summed E-state index contributed by atoms with van der Waals surface area (Å²) < 4.78 is 4.89. The molecule has 6 nitrogen and oxygen atoms in total. The number of likely N-dealkylation sites (tertiary alicyclic amines) is 1. The van der Waals surface area contributed by atoms with Gasteiger partial charge in [-0.2, -0.15) is 0 Å². The van der Waals surface area contributed by atoms with Crippen LogP contribution < -0.4 is 5.32 Å². The minimum Gasteiger partial charge on any atom is -0.469 e. The van der Waals surface area contributed by atoms with Gasteiger partial charge in [0.15, 0.2) is 5.96 Å². The maximum absolute atomic E-state index is 11.8. The highest BCUT2D eigenvalue weighted by atomic mass is 127. The lowest BCUT2D eigenvalue weighted by atomic mass is 9.99. The average molecular weight is 452 g/mol. The highest BCUT2D eigenvalue weighted by molar-refractivity contribution is 14.0. The molecule has 2 unspecified atom stereocenters. The van der Waals surface area contributed by atoms with E-state index >= 15 is 0 Å². The molecule has 2 atom stereocenters. The highest BCUT2D eigenvalue weighted by Crippen LogP contribution is 2.24. The topological polar surface area (TPSA) is 66.8 Å². The summed E-state index contributed by atoms with van der Waals surface area (Å²) in [5, 5.41) is 4.36. The number of guanidine groups is 1. The van der Waals surface area contributed by atoms with Crippen LogP contribution in [0.15, 0.2) is 11.2 Å². The molecule has 1 N–H and O–H groups in total. The number of methoxy groups -OCH3 is 1. The zero-order valence-electron chi connectivity index (χ0n) is 14.0. The van der Waals surface area contributed by atoms with Crippen LogP contribution in [-0.2, 0) is 16.1 Å². The third-order valence-corrected chi connectivity index (χ3v) is 4.70. The van der Waals surface area contributed by atoms with E-state index in [-0.39, 0.29) is 41.8 Å².